The number of hydrogen-bond donors (Lipinski definition) is 0. The molecule has 1 aliphatic rings. The Morgan fingerprint density at radius 2 is 1.90 bits per heavy atom. The number of thiazole rings is 1. The highest BCUT2D eigenvalue weighted by molar-refractivity contribution is 8.00. The zero-order valence-electron chi connectivity index (χ0n) is 22.8. The molecule has 2 heterocycles. The molecule has 0 N–H and O–H groups in total. The van der Waals surface area contributed by atoms with Gasteiger partial charge < -0.3 is 23.8 Å². The third-order valence-electron chi connectivity index (χ3n) is 5.95. The Morgan fingerprint density at radius 3 is 2.51 bits per heavy atom. The van der Waals surface area contributed by atoms with E-state index >= 15 is 0 Å². The van der Waals surface area contributed by atoms with Crippen LogP contribution in [0.3, 0.4) is 0 Å². The lowest BCUT2D eigenvalue weighted by atomic mass is 10.1. The molecule has 4 rings (SSSR count). The predicted octanol–water partition coefficient (Wildman–Crippen LogP) is 7.31. The first-order valence-corrected chi connectivity index (χ1v) is 14.7. The molecule has 0 atom stereocenters. The zero-order valence-corrected chi connectivity index (χ0v) is 25.2. The summed E-state index contributed by atoms with van der Waals surface area (Å²) in [5.74, 6) is 2.12. The van der Waals surface area contributed by atoms with Crippen LogP contribution in [0.5, 0.6) is 17.2 Å². The Bertz CT molecular complexity index is 1240. The van der Waals surface area contributed by atoms with Crippen molar-refractivity contribution < 1.29 is 23.7 Å². The van der Waals surface area contributed by atoms with Gasteiger partial charge in [0.2, 0.25) is 0 Å². The van der Waals surface area contributed by atoms with Gasteiger partial charge in [-0.15, -0.1) is 11.3 Å². The first kappa shape index (κ1) is 29.2. The molecule has 210 valence electrons. The Balaban J connectivity index is 1.40. The average Bonchev–Trinajstić information content (AvgIpc) is 3.44. The summed E-state index contributed by atoms with van der Waals surface area (Å²) < 4.78 is 24.8. The molecule has 39 heavy (non-hydrogen) atoms. The number of carbonyl (C=O) groups excluding carboxylic acids is 1. The largest absolute Gasteiger partial charge is 0.497 e. The van der Waals surface area contributed by atoms with Crippen LogP contribution in [0, 0.1) is 0 Å². The first-order chi connectivity index (χ1) is 18.6. The molecule has 1 aliphatic heterocycles. The van der Waals surface area contributed by atoms with E-state index in [4.69, 9.17) is 30.5 Å². The summed E-state index contributed by atoms with van der Waals surface area (Å²) >= 11 is 9.77. The number of aromatic nitrogens is 1. The van der Waals surface area contributed by atoms with E-state index in [-0.39, 0.29) is 12.2 Å². The average molecular weight is 592 g/mol. The molecule has 0 unspecified atom stereocenters. The number of ether oxygens (including phenoxy) is 4. The summed E-state index contributed by atoms with van der Waals surface area (Å²) in [5, 5.41) is 3.35. The van der Waals surface area contributed by atoms with E-state index in [0.717, 1.165) is 27.1 Å². The lowest BCUT2D eigenvalue weighted by molar-refractivity contribution is 0.0126. The minimum absolute atomic E-state index is 0.0194. The maximum Gasteiger partial charge on any atom is 0.410 e. The molecular formula is C28H34ClN3O5S2. The zero-order chi connectivity index (χ0) is 28.0. The van der Waals surface area contributed by atoms with Crippen molar-refractivity contribution in [2.75, 3.05) is 31.6 Å². The van der Waals surface area contributed by atoms with Crippen LogP contribution >= 0.6 is 34.9 Å². The highest BCUT2D eigenvalue weighted by atomic mass is 35.5. The van der Waals surface area contributed by atoms with Gasteiger partial charge in [0.15, 0.2) is 5.13 Å². The van der Waals surface area contributed by atoms with Crippen LogP contribution in [0.25, 0.3) is 0 Å². The third kappa shape index (κ3) is 8.09. The minimum atomic E-state index is -0.506. The second kappa shape index (κ2) is 13.0. The number of hydrogen-bond acceptors (Lipinski definition) is 9. The quantitative estimate of drug-likeness (QED) is 0.240. The number of rotatable bonds is 9. The van der Waals surface area contributed by atoms with E-state index in [0.29, 0.717) is 43.2 Å². The number of nitrogens with zero attached hydrogens (tertiary/aromatic N) is 3. The number of carbonyl (C=O) groups is 1. The molecule has 0 saturated carbocycles. The van der Waals surface area contributed by atoms with Crippen LogP contribution in [-0.2, 0) is 11.3 Å². The van der Waals surface area contributed by atoms with Crippen LogP contribution in [-0.4, -0.2) is 55.0 Å². The van der Waals surface area contributed by atoms with Gasteiger partial charge in [-0.1, -0.05) is 11.6 Å². The second-order valence-corrected chi connectivity index (χ2v) is 12.4. The van der Waals surface area contributed by atoms with E-state index < -0.39 is 5.60 Å². The highest BCUT2D eigenvalue weighted by Crippen LogP contribution is 2.38. The number of amides is 1. The number of piperidine rings is 1. The summed E-state index contributed by atoms with van der Waals surface area (Å²) in [6.07, 6.45) is 2.92. The summed E-state index contributed by atoms with van der Waals surface area (Å²) in [6.45, 7) is 7.35. The molecule has 1 amide bonds. The summed E-state index contributed by atoms with van der Waals surface area (Å²) in [5.41, 5.74) is 0.498. The van der Waals surface area contributed by atoms with Crippen LogP contribution in [0.4, 0.5) is 9.93 Å². The van der Waals surface area contributed by atoms with Gasteiger partial charge in [-0.2, -0.15) is 0 Å². The van der Waals surface area contributed by atoms with Gasteiger partial charge in [0.1, 0.15) is 29.0 Å². The molecular weight excluding hydrogens is 558 g/mol. The van der Waals surface area contributed by atoms with Gasteiger partial charge in [-0.3, -0.25) is 4.31 Å². The van der Waals surface area contributed by atoms with Gasteiger partial charge in [0.05, 0.1) is 25.8 Å². The van der Waals surface area contributed by atoms with E-state index in [1.807, 2.05) is 62.5 Å². The predicted molar refractivity (Wildman–Crippen MR) is 157 cm³/mol. The van der Waals surface area contributed by atoms with Crippen molar-refractivity contribution in [2.45, 2.75) is 56.8 Å². The van der Waals surface area contributed by atoms with Crippen molar-refractivity contribution in [3.8, 4) is 17.2 Å². The molecule has 0 radical (unpaired) electrons. The monoisotopic (exact) mass is 591 g/mol. The molecule has 0 bridgehead atoms. The fourth-order valence-electron chi connectivity index (χ4n) is 4.04. The molecule has 1 aromatic heterocycles. The van der Waals surface area contributed by atoms with Crippen LogP contribution in [0.1, 0.15) is 39.2 Å². The lowest BCUT2D eigenvalue weighted by Crippen LogP contribution is -2.44. The van der Waals surface area contributed by atoms with Crippen molar-refractivity contribution in [1.29, 1.82) is 0 Å². The molecule has 1 fully saturated rings. The number of halogens is 1. The van der Waals surface area contributed by atoms with Gasteiger partial charge in [-0.25, -0.2) is 9.78 Å². The molecule has 11 heteroatoms. The van der Waals surface area contributed by atoms with Gasteiger partial charge in [0, 0.05) is 54.0 Å². The Morgan fingerprint density at radius 1 is 1.13 bits per heavy atom. The Labute approximate surface area is 243 Å². The van der Waals surface area contributed by atoms with E-state index in [9.17, 15) is 4.79 Å². The summed E-state index contributed by atoms with van der Waals surface area (Å²) in [4.78, 5) is 19.5. The van der Waals surface area contributed by atoms with Gasteiger partial charge >= 0.3 is 6.09 Å². The first-order valence-electron chi connectivity index (χ1n) is 12.6. The van der Waals surface area contributed by atoms with Gasteiger partial charge in [0.25, 0.3) is 0 Å². The molecule has 2 aromatic carbocycles. The number of anilines is 1. The minimum Gasteiger partial charge on any atom is -0.497 e. The second-order valence-electron chi connectivity index (χ2n) is 10.00. The molecule has 8 nitrogen and oxygen atoms in total. The summed E-state index contributed by atoms with van der Waals surface area (Å²) in [7, 11) is 3.29. The standard InChI is InChI=1S/C28H34ClN3O5S2/c1-28(2,3)37-27(33)31-13-10-20(11-14-31)36-24-9-8-22(17-23(24)29)39-32(26-30-12-15-38-26)18-19-6-7-21(34-4)16-25(19)35-5/h6-9,12,15-17,20H,10-11,13-14,18H2,1-5H3. The molecule has 3 aromatic rings. The fraction of sp³-hybridized carbons (Fsp3) is 0.429. The van der Waals surface area contributed by atoms with E-state index in [1.165, 1.54) is 0 Å². The van der Waals surface area contributed by atoms with E-state index in [1.54, 1.807) is 48.6 Å². The summed E-state index contributed by atoms with van der Waals surface area (Å²) in [6, 6.07) is 11.6. The third-order valence-corrected chi connectivity index (χ3v) is 8.14. The molecule has 0 aliphatic carbocycles. The molecule has 1 saturated heterocycles. The maximum atomic E-state index is 12.3. The smallest absolute Gasteiger partial charge is 0.410 e. The number of benzene rings is 2. The van der Waals surface area contributed by atoms with Crippen molar-refractivity contribution in [3.05, 3.63) is 58.6 Å². The Kier molecular flexibility index (Phi) is 9.74. The number of likely N-dealkylation sites (tertiary alicyclic amines) is 1. The van der Waals surface area contributed by atoms with Gasteiger partial charge in [-0.05, 0) is 63.1 Å². The molecule has 0 spiro atoms. The highest BCUT2D eigenvalue weighted by Gasteiger charge is 2.28. The topological polar surface area (TPSA) is 73.4 Å². The van der Waals surface area contributed by atoms with Crippen molar-refractivity contribution >= 4 is 46.1 Å². The van der Waals surface area contributed by atoms with E-state index in [2.05, 4.69) is 9.29 Å². The van der Waals surface area contributed by atoms with Crippen molar-refractivity contribution in [2.24, 2.45) is 0 Å². The van der Waals surface area contributed by atoms with Crippen LogP contribution < -0.4 is 18.5 Å². The van der Waals surface area contributed by atoms with Crippen molar-refractivity contribution in [1.82, 2.24) is 9.88 Å². The SMILES string of the molecule is COc1ccc(CN(Sc2ccc(OC3CCN(C(=O)OC(C)(C)C)CC3)c(Cl)c2)c2nccs2)c(OC)c1. The van der Waals surface area contributed by atoms with Crippen LogP contribution in [0.2, 0.25) is 5.02 Å². The Hall–Kier alpha value is -2.82. The van der Waals surface area contributed by atoms with Crippen molar-refractivity contribution in [3.63, 3.8) is 0 Å². The maximum absolute atomic E-state index is 12.3. The fourth-order valence-corrected chi connectivity index (χ4v) is 6.00. The number of methoxy groups -OCH3 is 2. The lowest BCUT2D eigenvalue weighted by Gasteiger charge is -2.33. The normalized spacial score (nSPS) is 14.2. The van der Waals surface area contributed by atoms with Crippen LogP contribution in [0.15, 0.2) is 52.9 Å².